The van der Waals surface area contributed by atoms with Gasteiger partial charge in [0.2, 0.25) is 0 Å². The molecular weight excluding hydrogens is 276 g/mol. The first-order valence-corrected chi connectivity index (χ1v) is 8.79. The monoisotopic (exact) mass is 298 g/mol. The number of nitrogens with zero attached hydrogens (tertiary/aromatic N) is 2. The average molecular weight is 299 g/mol. The quantitative estimate of drug-likeness (QED) is 0.753. The van der Waals surface area contributed by atoms with Crippen molar-refractivity contribution in [2.24, 2.45) is 17.8 Å². The Kier molecular flexibility index (Phi) is 4.16. The number of rotatable bonds is 5. The Bertz CT molecular complexity index is 434. The Hall–Kier alpha value is -0.120. The molecule has 4 heteroatoms. The Balaban J connectivity index is 1.58. The van der Waals surface area contributed by atoms with E-state index in [1.165, 1.54) is 37.2 Å². The van der Waals surface area contributed by atoms with Crippen LogP contribution in [-0.2, 0) is 5.88 Å². The largest absolute Gasteiger partial charge is 0.297 e. The van der Waals surface area contributed by atoms with Gasteiger partial charge in [-0.1, -0.05) is 6.42 Å². The topological polar surface area (TPSA) is 16.1 Å². The Morgan fingerprint density at radius 1 is 1.47 bits per heavy atom. The van der Waals surface area contributed by atoms with E-state index >= 15 is 0 Å². The SMILES string of the molecule is CC(c1nc(CCl)cs1)N(C)CC1CC2CCC1C2. The maximum absolute atomic E-state index is 5.84. The maximum atomic E-state index is 5.84. The van der Waals surface area contributed by atoms with Crippen LogP contribution in [0.3, 0.4) is 0 Å². The Morgan fingerprint density at radius 2 is 2.32 bits per heavy atom. The molecule has 0 aliphatic heterocycles. The predicted molar refractivity (Wildman–Crippen MR) is 81.7 cm³/mol. The van der Waals surface area contributed by atoms with Gasteiger partial charge in [-0.3, -0.25) is 4.90 Å². The zero-order valence-corrected chi connectivity index (χ0v) is 13.4. The first-order valence-electron chi connectivity index (χ1n) is 7.38. The molecule has 106 valence electrons. The van der Waals surface area contributed by atoms with Crippen LogP contribution in [0.2, 0.25) is 0 Å². The van der Waals surface area contributed by atoms with Gasteiger partial charge in [0.25, 0.3) is 0 Å². The molecule has 1 aromatic heterocycles. The van der Waals surface area contributed by atoms with Gasteiger partial charge in [-0.2, -0.15) is 0 Å². The van der Waals surface area contributed by atoms with Crippen molar-refractivity contribution in [3.05, 3.63) is 16.1 Å². The summed E-state index contributed by atoms with van der Waals surface area (Å²) in [5.74, 6) is 3.51. The van der Waals surface area contributed by atoms with E-state index in [0.29, 0.717) is 11.9 Å². The lowest BCUT2D eigenvalue weighted by Crippen LogP contribution is -2.30. The molecule has 4 atom stereocenters. The number of hydrogen-bond acceptors (Lipinski definition) is 3. The summed E-state index contributed by atoms with van der Waals surface area (Å²) in [6.45, 7) is 3.50. The highest BCUT2D eigenvalue weighted by Gasteiger charge is 2.40. The van der Waals surface area contributed by atoms with E-state index in [9.17, 15) is 0 Å². The van der Waals surface area contributed by atoms with Crippen LogP contribution in [0.4, 0.5) is 0 Å². The van der Waals surface area contributed by atoms with Crippen molar-refractivity contribution in [1.29, 1.82) is 0 Å². The van der Waals surface area contributed by atoms with Crippen LogP contribution in [0.1, 0.15) is 49.4 Å². The van der Waals surface area contributed by atoms with Crippen molar-refractivity contribution in [2.45, 2.75) is 44.5 Å². The fraction of sp³-hybridized carbons (Fsp3) is 0.800. The standard InChI is InChI=1S/C15H23ClN2S/c1-10(15-17-14(7-16)9-19-15)18(2)8-13-6-11-3-4-12(13)5-11/h9-13H,3-8H2,1-2H3. The summed E-state index contributed by atoms with van der Waals surface area (Å²) >= 11 is 7.58. The van der Waals surface area contributed by atoms with Crippen LogP contribution >= 0.6 is 22.9 Å². The lowest BCUT2D eigenvalue weighted by molar-refractivity contribution is 0.181. The van der Waals surface area contributed by atoms with Crippen molar-refractivity contribution in [2.75, 3.05) is 13.6 Å². The average Bonchev–Trinajstić information content (AvgIpc) is 3.13. The van der Waals surface area contributed by atoms with E-state index in [1.807, 2.05) is 0 Å². The molecule has 2 aliphatic rings. The summed E-state index contributed by atoms with van der Waals surface area (Å²) in [4.78, 5) is 7.11. The highest BCUT2D eigenvalue weighted by molar-refractivity contribution is 7.09. The molecule has 0 spiro atoms. The lowest BCUT2D eigenvalue weighted by Gasteiger charge is -2.30. The van der Waals surface area contributed by atoms with Gasteiger partial charge in [-0.05, 0) is 51.0 Å². The smallest absolute Gasteiger partial charge is 0.110 e. The van der Waals surface area contributed by atoms with Crippen molar-refractivity contribution in [3.8, 4) is 0 Å². The van der Waals surface area contributed by atoms with E-state index in [1.54, 1.807) is 11.3 Å². The molecule has 2 aliphatic carbocycles. The van der Waals surface area contributed by atoms with E-state index in [-0.39, 0.29) is 0 Å². The molecule has 2 bridgehead atoms. The molecular formula is C15H23ClN2S. The normalized spacial score (nSPS) is 31.3. The van der Waals surface area contributed by atoms with Gasteiger partial charge < -0.3 is 0 Å². The van der Waals surface area contributed by atoms with Gasteiger partial charge in [0.05, 0.1) is 17.6 Å². The van der Waals surface area contributed by atoms with Crippen molar-refractivity contribution >= 4 is 22.9 Å². The molecule has 0 amide bonds. The number of thiazole rings is 1. The number of alkyl halides is 1. The van der Waals surface area contributed by atoms with E-state index in [4.69, 9.17) is 11.6 Å². The summed E-state index contributed by atoms with van der Waals surface area (Å²) < 4.78 is 0. The van der Waals surface area contributed by atoms with E-state index in [2.05, 4.69) is 29.2 Å². The van der Waals surface area contributed by atoms with Crippen LogP contribution in [-0.4, -0.2) is 23.5 Å². The zero-order valence-electron chi connectivity index (χ0n) is 11.8. The minimum Gasteiger partial charge on any atom is -0.297 e. The molecule has 2 fully saturated rings. The van der Waals surface area contributed by atoms with Gasteiger partial charge in [-0.25, -0.2) is 4.98 Å². The molecule has 2 nitrogen and oxygen atoms in total. The minimum atomic E-state index is 0.418. The first kappa shape index (κ1) is 13.8. The molecule has 1 heterocycles. The third-order valence-electron chi connectivity index (χ3n) is 5.13. The summed E-state index contributed by atoms with van der Waals surface area (Å²) in [6, 6.07) is 0.418. The van der Waals surface area contributed by atoms with Gasteiger partial charge in [0.1, 0.15) is 5.01 Å². The molecule has 3 rings (SSSR count). The molecule has 0 aromatic carbocycles. The van der Waals surface area contributed by atoms with Gasteiger partial charge in [-0.15, -0.1) is 22.9 Å². The van der Waals surface area contributed by atoms with Gasteiger partial charge >= 0.3 is 0 Å². The van der Waals surface area contributed by atoms with Crippen molar-refractivity contribution in [3.63, 3.8) is 0 Å². The van der Waals surface area contributed by atoms with Crippen molar-refractivity contribution < 1.29 is 0 Å². The highest BCUT2D eigenvalue weighted by Crippen LogP contribution is 2.48. The summed E-state index contributed by atoms with van der Waals surface area (Å²) in [6.07, 6.45) is 5.93. The summed E-state index contributed by atoms with van der Waals surface area (Å²) in [5.41, 5.74) is 1.02. The fourth-order valence-electron chi connectivity index (χ4n) is 3.89. The molecule has 0 saturated heterocycles. The third kappa shape index (κ3) is 2.84. The molecule has 0 radical (unpaired) electrons. The lowest BCUT2D eigenvalue weighted by atomic mass is 9.88. The van der Waals surface area contributed by atoms with Crippen LogP contribution in [0.5, 0.6) is 0 Å². The molecule has 0 N–H and O–H groups in total. The number of hydrogen-bond donors (Lipinski definition) is 0. The van der Waals surface area contributed by atoms with Crippen LogP contribution in [0.25, 0.3) is 0 Å². The second kappa shape index (κ2) is 5.71. The Labute approximate surface area is 125 Å². The van der Waals surface area contributed by atoms with Crippen LogP contribution < -0.4 is 0 Å². The maximum Gasteiger partial charge on any atom is 0.110 e. The van der Waals surface area contributed by atoms with Gasteiger partial charge in [0, 0.05) is 11.9 Å². The van der Waals surface area contributed by atoms with Crippen LogP contribution in [0.15, 0.2) is 5.38 Å². The third-order valence-corrected chi connectivity index (χ3v) is 6.47. The molecule has 1 aromatic rings. The fourth-order valence-corrected chi connectivity index (χ4v) is 5.06. The number of halogens is 1. The molecule has 4 unspecified atom stereocenters. The van der Waals surface area contributed by atoms with Gasteiger partial charge in [0.15, 0.2) is 0 Å². The molecule has 2 saturated carbocycles. The minimum absolute atomic E-state index is 0.418. The second-order valence-corrected chi connectivity index (χ2v) is 7.52. The number of aromatic nitrogens is 1. The van der Waals surface area contributed by atoms with Crippen molar-refractivity contribution in [1.82, 2.24) is 9.88 Å². The first-order chi connectivity index (χ1) is 9.17. The predicted octanol–water partition coefficient (Wildman–Crippen LogP) is 4.31. The van der Waals surface area contributed by atoms with E-state index < -0.39 is 0 Å². The molecule has 19 heavy (non-hydrogen) atoms. The van der Waals surface area contributed by atoms with E-state index in [0.717, 1.165) is 23.4 Å². The summed E-state index contributed by atoms with van der Waals surface area (Å²) in [5, 5.41) is 3.30. The van der Waals surface area contributed by atoms with Crippen LogP contribution in [0, 0.1) is 17.8 Å². The Morgan fingerprint density at radius 3 is 2.89 bits per heavy atom. The number of fused-ring (bicyclic) bond motifs is 2. The zero-order chi connectivity index (χ0) is 13.4. The summed E-state index contributed by atoms with van der Waals surface area (Å²) in [7, 11) is 2.25. The highest BCUT2D eigenvalue weighted by atomic mass is 35.5. The second-order valence-electron chi connectivity index (χ2n) is 6.36.